The zero-order valence-electron chi connectivity index (χ0n) is 9.82. The second kappa shape index (κ2) is 6.95. The summed E-state index contributed by atoms with van der Waals surface area (Å²) in [5, 5.41) is 11.9. The third kappa shape index (κ3) is 3.31. The van der Waals surface area contributed by atoms with Gasteiger partial charge in [-0.25, -0.2) is 4.98 Å². The Bertz CT molecular complexity index is 483. The predicted molar refractivity (Wildman–Crippen MR) is 66.1 cm³/mol. The second-order valence-electron chi connectivity index (χ2n) is 2.69. The summed E-state index contributed by atoms with van der Waals surface area (Å²) >= 11 is 5.87. The van der Waals surface area contributed by atoms with Crippen LogP contribution in [0, 0.1) is 10.1 Å². The predicted octanol–water partition coefficient (Wildman–Crippen LogP) is 1.97. The van der Waals surface area contributed by atoms with E-state index in [4.69, 9.17) is 11.6 Å². The lowest BCUT2D eigenvalue weighted by Gasteiger charge is -1.93. The van der Waals surface area contributed by atoms with Gasteiger partial charge in [-0.3, -0.25) is 10.1 Å². The van der Waals surface area contributed by atoms with Gasteiger partial charge in [-0.1, -0.05) is 31.5 Å². The Morgan fingerprint density at radius 1 is 1.56 bits per heavy atom. The van der Waals surface area contributed by atoms with Crippen molar-refractivity contribution in [3.8, 4) is 0 Å². The quantitative estimate of drug-likeness (QED) is 0.559. The highest BCUT2D eigenvalue weighted by molar-refractivity contribution is 6.30. The lowest BCUT2D eigenvalue weighted by molar-refractivity contribution is -0.379. The molecule has 0 fully saturated rings. The van der Waals surface area contributed by atoms with Gasteiger partial charge in [-0.15, -0.1) is 0 Å². The van der Waals surface area contributed by atoms with E-state index >= 15 is 0 Å². The van der Waals surface area contributed by atoms with E-state index < -0.39 is 4.92 Å². The molecule has 1 aromatic rings. The van der Waals surface area contributed by atoms with E-state index in [2.05, 4.69) is 4.98 Å². The monoisotopic (exact) mass is 242 g/mol. The van der Waals surface area contributed by atoms with Gasteiger partial charge in [0.25, 0.3) is 5.70 Å². The molecule has 0 aliphatic carbocycles. The Morgan fingerprint density at radius 2 is 2.12 bits per heavy atom. The molecular weight excluding hydrogens is 228 g/mol. The van der Waals surface area contributed by atoms with Gasteiger partial charge in [0.1, 0.15) is 5.35 Å². The number of halogens is 1. The van der Waals surface area contributed by atoms with Gasteiger partial charge in [0.15, 0.2) is 0 Å². The van der Waals surface area contributed by atoms with Gasteiger partial charge in [0, 0.05) is 18.3 Å². The van der Waals surface area contributed by atoms with Crippen LogP contribution in [0.5, 0.6) is 0 Å². The smallest absolute Gasteiger partial charge is 0.259 e. The van der Waals surface area contributed by atoms with Crippen molar-refractivity contribution in [3.63, 3.8) is 0 Å². The van der Waals surface area contributed by atoms with Crippen LogP contribution in [0.1, 0.15) is 27.7 Å². The molecule has 0 N–H and O–H groups in total. The molecule has 16 heavy (non-hydrogen) atoms. The highest BCUT2D eigenvalue weighted by Crippen LogP contribution is 1.96. The zero-order chi connectivity index (χ0) is 12.7. The molecular formula is C11H15ClN2O2. The van der Waals surface area contributed by atoms with Crippen molar-refractivity contribution in [2.45, 2.75) is 27.7 Å². The first kappa shape index (κ1) is 14.6. The van der Waals surface area contributed by atoms with Crippen molar-refractivity contribution in [2.75, 3.05) is 0 Å². The number of hydrogen-bond acceptors (Lipinski definition) is 3. The Hall–Kier alpha value is -1.42. The third-order valence-electron chi connectivity index (χ3n) is 1.84. The first-order valence-electron chi connectivity index (χ1n) is 5.00. The maximum absolute atomic E-state index is 10.6. The van der Waals surface area contributed by atoms with Crippen LogP contribution >= 0.6 is 11.6 Å². The molecule has 88 valence electrons. The SMILES string of the molecule is C/C=c1/c(Cl)ccn/c1=C(/C)[N+](=O)[O-].CC. The van der Waals surface area contributed by atoms with Crippen LogP contribution in [0.15, 0.2) is 12.3 Å². The summed E-state index contributed by atoms with van der Waals surface area (Å²) in [6, 6.07) is 1.60. The van der Waals surface area contributed by atoms with Crippen molar-refractivity contribution in [3.05, 3.63) is 38.0 Å². The zero-order valence-corrected chi connectivity index (χ0v) is 10.6. The summed E-state index contributed by atoms with van der Waals surface area (Å²) in [5.74, 6) is 0. The molecule has 1 rings (SSSR count). The Labute approximate surface area is 99.4 Å². The molecule has 1 aromatic heterocycles. The number of pyridine rings is 1. The Morgan fingerprint density at radius 3 is 2.56 bits per heavy atom. The van der Waals surface area contributed by atoms with Crippen LogP contribution in [0.25, 0.3) is 11.8 Å². The number of nitrogens with zero attached hydrogens (tertiary/aromatic N) is 2. The van der Waals surface area contributed by atoms with Gasteiger partial charge < -0.3 is 0 Å². The van der Waals surface area contributed by atoms with Crippen molar-refractivity contribution >= 4 is 23.4 Å². The summed E-state index contributed by atoms with van der Waals surface area (Å²) in [6.45, 7) is 7.17. The molecule has 0 saturated carbocycles. The molecule has 0 saturated heterocycles. The highest BCUT2D eigenvalue weighted by Gasteiger charge is 2.06. The molecule has 0 atom stereocenters. The van der Waals surface area contributed by atoms with Gasteiger partial charge in [-0.05, 0) is 13.0 Å². The maximum Gasteiger partial charge on any atom is 0.269 e. The molecule has 0 bridgehead atoms. The van der Waals surface area contributed by atoms with Crippen molar-refractivity contribution < 1.29 is 4.92 Å². The fourth-order valence-corrected chi connectivity index (χ4v) is 1.35. The van der Waals surface area contributed by atoms with Gasteiger partial charge in [-0.2, -0.15) is 0 Å². The van der Waals surface area contributed by atoms with Crippen molar-refractivity contribution in [1.29, 1.82) is 0 Å². The molecule has 0 aliphatic heterocycles. The minimum atomic E-state index is -0.467. The number of nitro groups is 1. The largest absolute Gasteiger partial charge is 0.269 e. The summed E-state index contributed by atoms with van der Waals surface area (Å²) in [4.78, 5) is 14.0. The van der Waals surface area contributed by atoms with Crippen molar-refractivity contribution in [1.82, 2.24) is 4.98 Å². The minimum absolute atomic E-state index is 0.000556. The Kier molecular flexibility index (Phi) is 6.34. The minimum Gasteiger partial charge on any atom is -0.259 e. The standard InChI is InChI=1S/C9H9ClN2O2.C2H6/c1-3-7-8(10)4-5-11-9(7)6(2)12(13)14;1-2/h3-5H,1-2H3;1-2H3/b7-3-,9-6-;. The topological polar surface area (TPSA) is 56.0 Å². The summed E-state index contributed by atoms with van der Waals surface area (Å²) < 4.78 is 0. The number of aromatic nitrogens is 1. The maximum atomic E-state index is 10.6. The summed E-state index contributed by atoms with van der Waals surface area (Å²) in [7, 11) is 0. The molecule has 0 aromatic carbocycles. The number of rotatable bonds is 1. The highest BCUT2D eigenvalue weighted by atomic mass is 35.5. The molecule has 5 heteroatoms. The van der Waals surface area contributed by atoms with Crippen LogP contribution in [0.3, 0.4) is 0 Å². The first-order chi connectivity index (χ1) is 7.57. The molecule has 0 spiro atoms. The lowest BCUT2D eigenvalue weighted by Crippen LogP contribution is -2.32. The average Bonchev–Trinajstić information content (AvgIpc) is 2.30. The van der Waals surface area contributed by atoms with E-state index in [-0.39, 0.29) is 5.70 Å². The fourth-order valence-electron chi connectivity index (χ4n) is 1.10. The van der Waals surface area contributed by atoms with E-state index in [0.29, 0.717) is 15.6 Å². The molecule has 4 nitrogen and oxygen atoms in total. The summed E-state index contributed by atoms with van der Waals surface area (Å²) in [6.07, 6.45) is 3.16. The molecule has 0 unspecified atom stereocenters. The van der Waals surface area contributed by atoms with E-state index in [1.807, 2.05) is 13.8 Å². The van der Waals surface area contributed by atoms with E-state index in [1.54, 1.807) is 19.1 Å². The third-order valence-corrected chi connectivity index (χ3v) is 2.17. The van der Waals surface area contributed by atoms with E-state index in [0.717, 1.165) is 0 Å². The van der Waals surface area contributed by atoms with E-state index in [9.17, 15) is 10.1 Å². The molecule has 0 radical (unpaired) electrons. The Balaban J connectivity index is 0.00000106. The lowest BCUT2D eigenvalue weighted by atomic mass is 10.3. The average molecular weight is 243 g/mol. The van der Waals surface area contributed by atoms with Crippen LogP contribution in [0.4, 0.5) is 0 Å². The molecule has 0 amide bonds. The van der Waals surface area contributed by atoms with Crippen LogP contribution in [0.2, 0.25) is 5.02 Å². The van der Waals surface area contributed by atoms with E-state index in [1.165, 1.54) is 13.1 Å². The van der Waals surface area contributed by atoms with Gasteiger partial charge in [0.05, 0.1) is 9.95 Å². The normalized spacial score (nSPS) is 12.7. The van der Waals surface area contributed by atoms with Gasteiger partial charge in [0.2, 0.25) is 0 Å². The first-order valence-corrected chi connectivity index (χ1v) is 5.38. The molecule has 1 heterocycles. The van der Waals surface area contributed by atoms with Crippen molar-refractivity contribution in [2.24, 2.45) is 0 Å². The van der Waals surface area contributed by atoms with Crippen LogP contribution in [-0.4, -0.2) is 9.91 Å². The molecule has 0 aliphatic rings. The number of hydrogen-bond donors (Lipinski definition) is 0. The second-order valence-corrected chi connectivity index (χ2v) is 3.09. The summed E-state index contributed by atoms with van der Waals surface area (Å²) in [5.41, 5.74) is 0.000556. The van der Waals surface area contributed by atoms with Gasteiger partial charge >= 0.3 is 0 Å². The van der Waals surface area contributed by atoms with Crippen LogP contribution < -0.4 is 10.6 Å². The van der Waals surface area contributed by atoms with Crippen LogP contribution in [-0.2, 0) is 0 Å². The fraction of sp³-hybridized carbons (Fsp3) is 0.364.